The van der Waals surface area contributed by atoms with E-state index in [9.17, 15) is 0 Å². The highest BCUT2D eigenvalue weighted by molar-refractivity contribution is 5.44. The first kappa shape index (κ1) is 6.00. The molecular formula is C10H7N2. The van der Waals surface area contributed by atoms with Crippen molar-refractivity contribution in [1.82, 2.24) is 9.55 Å². The summed E-state index contributed by atoms with van der Waals surface area (Å²) in [7, 11) is 0. The van der Waals surface area contributed by atoms with Gasteiger partial charge in [0.2, 0.25) is 0 Å². The van der Waals surface area contributed by atoms with Crippen molar-refractivity contribution in [3.8, 4) is 5.82 Å². The van der Waals surface area contributed by atoms with Gasteiger partial charge in [0.15, 0.2) is 0 Å². The molecule has 3 heterocycles. The zero-order chi connectivity index (χ0) is 7.97. The Kier molecular flexibility index (Phi) is 0.987. The Hall–Kier alpha value is -1.57. The Bertz CT molecular complexity index is 429. The van der Waals surface area contributed by atoms with E-state index in [4.69, 9.17) is 0 Å². The van der Waals surface area contributed by atoms with Crippen LogP contribution in [0.4, 0.5) is 0 Å². The molecule has 2 heteroatoms. The van der Waals surface area contributed by atoms with Gasteiger partial charge >= 0.3 is 0 Å². The molecule has 3 rings (SSSR count). The first-order chi connectivity index (χ1) is 5.95. The third-order valence-corrected chi connectivity index (χ3v) is 2.25. The third-order valence-electron chi connectivity index (χ3n) is 2.25. The molecule has 0 amide bonds. The van der Waals surface area contributed by atoms with E-state index in [0.717, 1.165) is 12.2 Å². The van der Waals surface area contributed by atoms with Crippen LogP contribution in [-0.2, 0) is 6.42 Å². The molecule has 2 aromatic rings. The SMILES string of the molecule is [c]1ccc2c(n1)-n1cccc1C2. The summed E-state index contributed by atoms with van der Waals surface area (Å²) in [6.45, 7) is 0. The van der Waals surface area contributed by atoms with Crippen molar-refractivity contribution in [3.63, 3.8) is 0 Å². The maximum absolute atomic E-state index is 4.21. The topological polar surface area (TPSA) is 17.8 Å². The molecule has 0 aromatic carbocycles. The Labute approximate surface area is 70.5 Å². The van der Waals surface area contributed by atoms with Crippen molar-refractivity contribution in [2.75, 3.05) is 0 Å². The van der Waals surface area contributed by atoms with Crippen LogP contribution in [0.15, 0.2) is 30.5 Å². The van der Waals surface area contributed by atoms with Crippen LogP contribution >= 0.6 is 0 Å². The van der Waals surface area contributed by atoms with Gasteiger partial charge < -0.3 is 4.57 Å². The zero-order valence-corrected chi connectivity index (χ0v) is 6.49. The molecule has 1 aliphatic heterocycles. The lowest BCUT2D eigenvalue weighted by Crippen LogP contribution is -1.91. The van der Waals surface area contributed by atoms with Crippen LogP contribution in [0.2, 0.25) is 0 Å². The summed E-state index contributed by atoms with van der Waals surface area (Å²) in [6.07, 6.45) is 5.90. The molecule has 0 unspecified atom stereocenters. The number of aromatic nitrogens is 2. The summed E-state index contributed by atoms with van der Waals surface area (Å²) in [4.78, 5) is 4.21. The van der Waals surface area contributed by atoms with Gasteiger partial charge in [-0.05, 0) is 18.2 Å². The number of nitrogens with zero attached hydrogens (tertiary/aromatic N) is 2. The maximum atomic E-state index is 4.21. The van der Waals surface area contributed by atoms with Gasteiger partial charge in [-0.15, -0.1) is 0 Å². The molecule has 0 atom stereocenters. The fraction of sp³-hybridized carbons (Fsp3) is 0.100. The molecule has 0 spiro atoms. The lowest BCUT2D eigenvalue weighted by atomic mass is 10.2. The highest BCUT2D eigenvalue weighted by Crippen LogP contribution is 2.24. The van der Waals surface area contributed by atoms with E-state index < -0.39 is 0 Å². The van der Waals surface area contributed by atoms with Crippen LogP contribution < -0.4 is 0 Å². The second kappa shape index (κ2) is 1.97. The molecule has 2 nitrogen and oxygen atoms in total. The predicted molar refractivity (Wildman–Crippen MR) is 45.2 cm³/mol. The molecule has 1 radical (unpaired) electrons. The van der Waals surface area contributed by atoms with E-state index in [0.29, 0.717) is 0 Å². The highest BCUT2D eigenvalue weighted by atomic mass is 15.1. The molecule has 57 valence electrons. The van der Waals surface area contributed by atoms with Crippen molar-refractivity contribution in [2.45, 2.75) is 6.42 Å². The molecular weight excluding hydrogens is 148 g/mol. The van der Waals surface area contributed by atoms with E-state index in [-0.39, 0.29) is 0 Å². The van der Waals surface area contributed by atoms with Crippen molar-refractivity contribution in [1.29, 1.82) is 0 Å². The van der Waals surface area contributed by atoms with E-state index in [1.54, 1.807) is 0 Å². The average molecular weight is 155 g/mol. The first-order valence-electron chi connectivity index (χ1n) is 3.98. The summed E-state index contributed by atoms with van der Waals surface area (Å²) in [5.41, 5.74) is 2.61. The Morgan fingerprint density at radius 3 is 3.42 bits per heavy atom. The fourth-order valence-electron chi connectivity index (χ4n) is 1.69. The minimum absolute atomic E-state index is 1.00. The maximum Gasteiger partial charge on any atom is 0.141 e. The lowest BCUT2D eigenvalue weighted by molar-refractivity contribution is 1.00. The number of pyridine rings is 1. The van der Waals surface area contributed by atoms with E-state index in [1.165, 1.54) is 11.3 Å². The number of fused-ring (bicyclic) bond motifs is 3. The van der Waals surface area contributed by atoms with Crippen LogP contribution in [-0.4, -0.2) is 9.55 Å². The lowest BCUT2D eigenvalue weighted by Gasteiger charge is -1.97. The summed E-state index contributed by atoms with van der Waals surface area (Å²) in [5.74, 6) is 1.04. The van der Waals surface area contributed by atoms with Crippen molar-refractivity contribution in [2.24, 2.45) is 0 Å². The number of hydrogen-bond acceptors (Lipinski definition) is 1. The molecule has 0 N–H and O–H groups in total. The smallest absolute Gasteiger partial charge is 0.141 e. The third kappa shape index (κ3) is 0.619. The van der Waals surface area contributed by atoms with Gasteiger partial charge in [0.05, 0.1) is 6.20 Å². The van der Waals surface area contributed by atoms with E-state index >= 15 is 0 Å². The van der Waals surface area contributed by atoms with Crippen LogP contribution in [0.1, 0.15) is 11.3 Å². The molecule has 0 fully saturated rings. The minimum Gasteiger partial charge on any atom is -0.305 e. The summed E-state index contributed by atoms with van der Waals surface area (Å²) in [6, 6.07) is 8.12. The number of hydrogen-bond donors (Lipinski definition) is 0. The standard InChI is InChI=1S/C10H7N2/c1-3-8-7-9-4-2-6-12(9)10(8)11-5-1/h1-4,6H,7H2. The van der Waals surface area contributed by atoms with Gasteiger partial charge in [-0.3, -0.25) is 0 Å². The second-order valence-electron chi connectivity index (χ2n) is 2.97. The van der Waals surface area contributed by atoms with Crippen molar-refractivity contribution < 1.29 is 0 Å². The summed E-state index contributed by atoms with van der Waals surface area (Å²) < 4.78 is 2.12. The quantitative estimate of drug-likeness (QED) is 0.482. The zero-order valence-electron chi connectivity index (χ0n) is 6.49. The van der Waals surface area contributed by atoms with Crippen LogP contribution in [0.25, 0.3) is 5.82 Å². The minimum atomic E-state index is 1.00. The van der Waals surface area contributed by atoms with Crippen LogP contribution in [0, 0.1) is 6.20 Å². The van der Waals surface area contributed by atoms with E-state index in [1.807, 2.05) is 18.3 Å². The molecule has 0 aliphatic carbocycles. The largest absolute Gasteiger partial charge is 0.305 e. The van der Waals surface area contributed by atoms with Gasteiger partial charge in [0, 0.05) is 23.9 Å². The monoisotopic (exact) mass is 155 g/mol. The van der Waals surface area contributed by atoms with Gasteiger partial charge in [-0.25, -0.2) is 4.98 Å². The predicted octanol–water partition coefficient (Wildman–Crippen LogP) is 1.58. The highest BCUT2D eigenvalue weighted by Gasteiger charge is 2.16. The second-order valence-corrected chi connectivity index (χ2v) is 2.97. The Morgan fingerprint density at radius 1 is 1.42 bits per heavy atom. The molecule has 1 aliphatic rings. The van der Waals surface area contributed by atoms with E-state index in [2.05, 4.69) is 27.9 Å². The molecule has 0 saturated carbocycles. The Balaban J connectivity index is 2.34. The summed E-state index contributed by atoms with van der Waals surface area (Å²) >= 11 is 0. The van der Waals surface area contributed by atoms with Crippen LogP contribution in [0.5, 0.6) is 0 Å². The average Bonchev–Trinajstić information content (AvgIpc) is 2.62. The normalized spacial score (nSPS) is 12.7. The van der Waals surface area contributed by atoms with Crippen LogP contribution in [0.3, 0.4) is 0 Å². The van der Waals surface area contributed by atoms with Gasteiger partial charge in [-0.2, -0.15) is 0 Å². The fourth-order valence-corrected chi connectivity index (χ4v) is 1.69. The van der Waals surface area contributed by atoms with Crippen molar-refractivity contribution in [3.05, 3.63) is 47.9 Å². The molecule has 0 saturated heterocycles. The molecule has 0 bridgehead atoms. The van der Waals surface area contributed by atoms with Crippen molar-refractivity contribution >= 4 is 0 Å². The first-order valence-corrected chi connectivity index (χ1v) is 3.98. The molecule has 2 aromatic heterocycles. The number of rotatable bonds is 0. The van der Waals surface area contributed by atoms with Gasteiger partial charge in [-0.1, -0.05) is 6.07 Å². The van der Waals surface area contributed by atoms with Gasteiger partial charge in [0.25, 0.3) is 0 Å². The summed E-state index contributed by atoms with van der Waals surface area (Å²) in [5, 5.41) is 0. The Morgan fingerprint density at radius 2 is 2.42 bits per heavy atom. The molecule has 12 heavy (non-hydrogen) atoms. The van der Waals surface area contributed by atoms with Gasteiger partial charge in [0.1, 0.15) is 5.82 Å².